The Labute approximate surface area is 181 Å². The number of anilines is 1. The summed E-state index contributed by atoms with van der Waals surface area (Å²) in [5, 5.41) is 10.9. The third-order valence-electron chi connectivity index (χ3n) is 6.78. The number of nitrogens with two attached hydrogens (primary N) is 2. The van der Waals surface area contributed by atoms with Gasteiger partial charge >= 0.3 is 0 Å². The summed E-state index contributed by atoms with van der Waals surface area (Å²) >= 11 is 12.5. The number of benzene rings is 1. The Morgan fingerprint density at radius 2 is 2.00 bits per heavy atom. The van der Waals surface area contributed by atoms with Gasteiger partial charge in [0.15, 0.2) is 0 Å². The van der Waals surface area contributed by atoms with Crippen molar-refractivity contribution in [1.29, 1.82) is 0 Å². The third kappa shape index (κ3) is 3.64. The predicted molar refractivity (Wildman–Crippen MR) is 117 cm³/mol. The van der Waals surface area contributed by atoms with Crippen LogP contribution in [0.1, 0.15) is 49.8 Å². The van der Waals surface area contributed by atoms with Crippen LogP contribution in [0.15, 0.2) is 24.3 Å². The fraction of sp³-hybridized carbons (Fsp3) is 0.500. The molecule has 2 heterocycles. The van der Waals surface area contributed by atoms with E-state index < -0.39 is 0 Å². The summed E-state index contributed by atoms with van der Waals surface area (Å²) in [7, 11) is 0. The molecule has 0 amide bonds. The van der Waals surface area contributed by atoms with E-state index in [2.05, 4.69) is 6.92 Å². The molecule has 2 aliphatic rings. The maximum atomic E-state index is 10.0. The number of ether oxygens (including phenoxy) is 1. The largest absolute Gasteiger partial charge is 0.398 e. The summed E-state index contributed by atoms with van der Waals surface area (Å²) < 4.78 is 5.83. The van der Waals surface area contributed by atoms with Gasteiger partial charge in [0.2, 0.25) is 0 Å². The van der Waals surface area contributed by atoms with Gasteiger partial charge in [0.25, 0.3) is 0 Å². The molecule has 1 aliphatic carbocycles. The van der Waals surface area contributed by atoms with Crippen molar-refractivity contribution in [2.24, 2.45) is 11.1 Å². The molecule has 1 aromatic heterocycles. The molecule has 2 aromatic rings. The second kappa shape index (κ2) is 8.05. The minimum Gasteiger partial charge on any atom is -0.398 e. The van der Waals surface area contributed by atoms with Gasteiger partial charge in [-0.3, -0.25) is 0 Å². The maximum absolute atomic E-state index is 10.0. The van der Waals surface area contributed by atoms with E-state index in [9.17, 15) is 5.11 Å². The van der Waals surface area contributed by atoms with Crippen LogP contribution in [0.4, 0.5) is 5.69 Å². The Bertz CT molecular complexity index is 913. The van der Waals surface area contributed by atoms with Gasteiger partial charge in [-0.15, -0.1) is 0 Å². The van der Waals surface area contributed by atoms with Gasteiger partial charge in [-0.1, -0.05) is 35.3 Å². The van der Waals surface area contributed by atoms with E-state index in [0.29, 0.717) is 32.7 Å². The van der Waals surface area contributed by atoms with Crippen molar-refractivity contribution in [2.45, 2.75) is 57.3 Å². The lowest BCUT2D eigenvalue weighted by Crippen LogP contribution is -2.45. The molecular formula is C22H27Cl2N3O2. The van der Waals surface area contributed by atoms with Crippen molar-refractivity contribution in [3.05, 3.63) is 45.6 Å². The van der Waals surface area contributed by atoms with E-state index in [1.54, 1.807) is 6.07 Å². The SMILES string of the molecule is C[C@@H]1OCC2(CCC(c3c(N)cc(-c4cccc(Cl)c4Cl)nc3CO)CC2)[C@@H]1N. The van der Waals surface area contributed by atoms with Crippen LogP contribution in [0.2, 0.25) is 10.0 Å². The molecular weight excluding hydrogens is 409 g/mol. The van der Waals surface area contributed by atoms with Gasteiger partial charge in [0, 0.05) is 28.3 Å². The first-order chi connectivity index (χ1) is 13.9. The van der Waals surface area contributed by atoms with Crippen LogP contribution in [0.3, 0.4) is 0 Å². The zero-order valence-corrected chi connectivity index (χ0v) is 18.0. The Balaban J connectivity index is 1.63. The number of nitrogen functional groups attached to an aromatic ring is 1. The van der Waals surface area contributed by atoms with Crippen molar-refractivity contribution in [3.8, 4) is 11.3 Å². The first kappa shape index (κ1) is 20.9. The van der Waals surface area contributed by atoms with Crippen molar-refractivity contribution in [1.82, 2.24) is 4.98 Å². The minimum absolute atomic E-state index is 0.0612. The van der Waals surface area contributed by atoms with Gasteiger partial charge in [0.05, 0.1) is 40.8 Å². The lowest BCUT2D eigenvalue weighted by Gasteiger charge is -2.40. The average Bonchev–Trinajstić information content (AvgIpc) is 2.99. The topological polar surface area (TPSA) is 94.4 Å². The number of hydrogen-bond acceptors (Lipinski definition) is 5. The summed E-state index contributed by atoms with van der Waals surface area (Å²) in [4.78, 5) is 4.69. The molecule has 0 unspecified atom stereocenters. The molecule has 0 radical (unpaired) electrons. The summed E-state index contributed by atoms with van der Waals surface area (Å²) in [6.07, 6.45) is 4.01. The molecule has 2 fully saturated rings. The molecule has 1 spiro atoms. The molecule has 5 N–H and O–H groups in total. The maximum Gasteiger partial charge on any atom is 0.0856 e. The molecule has 1 saturated carbocycles. The molecule has 4 rings (SSSR count). The van der Waals surface area contributed by atoms with Gasteiger partial charge in [-0.05, 0) is 50.7 Å². The molecule has 29 heavy (non-hydrogen) atoms. The van der Waals surface area contributed by atoms with E-state index in [1.165, 1.54) is 0 Å². The summed E-state index contributed by atoms with van der Waals surface area (Å²) in [6, 6.07) is 7.31. The van der Waals surface area contributed by atoms with Gasteiger partial charge in [-0.25, -0.2) is 4.98 Å². The molecule has 156 valence electrons. The second-order valence-corrected chi connectivity index (χ2v) is 9.18. The molecule has 2 atom stereocenters. The predicted octanol–water partition coefficient (Wildman–Crippen LogP) is 4.52. The van der Waals surface area contributed by atoms with E-state index in [4.69, 9.17) is 44.4 Å². The monoisotopic (exact) mass is 435 g/mol. The zero-order valence-electron chi connectivity index (χ0n) is 16.5. The Morgan fingerprint density at radius 1 is 1.28 bits per heavy atom. The number of aliphatic hydroxyl groups is 1. The van der Waals surface area contributed by atoms with E-state index in [-0.39, 0.29) is 30.1 Å². The van der Waals surface area contributed by atoms with Crippen molar-refractivity contribution < 1.29 is 9.84 Å². The average molecular weight is 436 g/mol. The van der Waals surface area contributed by atoms with Crippen LogP contribution in [0.25, 0.3) is 11.3 Å². The van der Waals surface area contributed by atoms with Crippen LogP contribution in [-0.4, -0.2) is 28.8 Å². The first-order valence-corrected chi connectivity index (χ1v) is 10.8. The summed E-state index contributed by atoms with van der Waals surface area (Å²) in [5.41, 5.74) is 16.5. The van der Waals surface area contributed by atoms with Crippen LogP contribution in [0.5, 0.6) is 0 Å². The lowest BCUT2D eigenvalue weighted by molar-refractivity contribution is 0.0896. The zero-order chi connectivity index (χ0) is 20.8. The number of aromatic nitrogens is 1. The molecule has 0 bridgehead atoms. The van der Waals surface area contributed by atoms with E-state index >= 15 is 0 Å². The Morgan fingerprint density at radius 3 is 2.62 bits per heavy atom. The Kier molecular flexibility index (Phi) is 5.79. The quantitative estimate of drug-likeness (QED) is 0.658. The van der Waals surface area contributed by atoms with Gasteiger partial charge < -0.3 is 21.3 Å². The standard InChI is InChI=1S/C22H27Cl2N3O2/c1-12-21(26)22(11-29-12)7-5-13(6-8-22)19-16(25)9-17(27-18(19)10-28)14-3-2-4-15(23)20(14)24/h2-4,9,12-13,21,28H,5-8,10-11,26H2,1H3,(H2,25,27)/t12-,13?,21+,22?/m0/s1. The van der Waals surface area contributed by atoms with Crippen LogP contribution >= 0.6 is 23.2 Å². The smallest absolute Gasteiger partial charge is 0.0856 e. The highest BCUT2D eigenvalue weighted by atomic mass is 35.5. The molecule has 7 heteroatoms. The normalized spacial score (nSPS) is 29.5. The summed E-state index contributed by atoms with van der Waals surface area (Å²) in [5.74, 6) is 0.252. The molecule has 1 saturated heterocycles. The van der Waals surface area contributed by atoms with Crippen molar-refractivity contribution in [2.75, 3.05) is 12.3 Å². The van der Waals surface area contributed by atoms with Crippen LogP contribution in [0, 0.1) is 5.41 Å². The molecule has 1 aromatic carbocycles. The van der Waals surface area contributed by atoms with E-state index in [1.807, 2.05) is 18.2 Å². The molecule has 5 nitrogen and oxygen atoms in total. The lowest BCUT2D eigenvalue weighted by atomic mass is 9.65. The number of pyridine rings is 1. The fourth-order valence-electron chi connectivity index (χ4n) is 5.02. The Hall–Kier alpha value is -1.37. The van der Waals surface area contributed by atoms with Crippen LogP contribution in [-0.2, 0) is 11.3 Å². The fourth-order valence-corrected chi connectivity index (χ4v) is 5.41. The second-order valence-electron chi connectivity index (χ2n) is 8.40. The highest BCUT2D eigenvalue weighted by Gasteiger charge is 2.48. The number of hydrogen-bond donors (Lipinski definition) is 3. The number of nitrogens with zero attached hydrogens (tertiary/aromatic N) is 1. The highest BCUT2D eigenvalue weighted by molar-refractivity contribution is 6.43. The van der Waals surface area contributed by atoms with Crippen molar-refractivity contribution >= 4 is 28.9 Å². The van der Waals surface area contributed by atoms with Crippen molar-refractivity contribution in [3.63, 3.8) is 0 Å². The number of aliphatic hydroxyl groups excluding tert-OH is 1. The number of halogens is 2. The molecule has 1 aliphatic heterocycles. The minimum atomic E-state index is -0.174. The number of rotatable bonds is 3. The summed E-state index contributed by atoms with van der Waals surface area (Å²) in [6.45, 7) is 2.61. The highest BCUT2D eigenvalue weighted by Crippen LogP contribution is 2.50. The third-order valence-corrected chi connectivity index (χ3v) is 7.60. The van der Waals surface area contributed by atoms with E-state index in [0.717, 1.165) is 37.9 Å². The first-order valence-electron chi connectivity index (χ1n) is 10.1. The van der Waals surface area contributed by atoms with Crippen LogP contribution < -0.4 is 11.5 Å². The van der Waals surface area contributed by atoms with Gasteiger partial charge in [0.1, 0.15) is 0 Å². The van der Waals surface area contributed by atoms with Gasteiger partial charge in [-0.2, -0.15) is 0 Å².